The molecular formula is C21H21N3O4. The van der Waals surface area contributed by atoms with Crippen molar-refractivity contribution in [2.24, 2.45) is 0 Å². The van der Waals surface area contributed by atoms with Crippen molar-refractivity contribution in [3.63, 3.8) is 0 Å². The lowest BCUT2D eigenvalue weighted by Crippen LogP contribution is -2.45. The summed E-state index contributed by atoms with van der Waals surface area (Å²) >= 11 is 0. The highest BCUT2D eigenvalue weighted by Gasteiger charge is 2.07. The summed E-state index contributed by atoms with van der Waals surface area (Å²) in [5.41, 5.74) is 5.34. The first-order valence-electron chi connectivity index (χ1n) is 8.72. The molecule has 0 saturated carbocycles. The quantitative estimate of drug-likeness (QED) is 0.549. The van der Waals surface area contributed by atoms with Gasteiger partial charge in [0.2, 0.25) is 0 Å². The molecule has 3 N–H and O–H groups in total. The third kappa shape index (κ3) is 5.14. The lowest BCUT2D eigenvalue weighted by molar-refractivity contribution is -0.129. The number of hydrazine groups is 1. The number of rotatable bonds is 7. The Bertz CT molecular complexity index is 975. The van der Waals surface area contributed by atoms with E-state index in [1.807, 2.05) is 48.5 Å². The van der Waals surface area contributed by atoms with E-state index in [1.54, 1.807) is 25.3 Å². The van der Waals surface area contributed by atoms with E-state index in [9.17, 15) is 9.59 Å². The van der Waals surface area contributed by atoms with Gasteiger partial charge >= 0.3 is 0 Å². The largest absolute Gasteiger partial charge is 0.495 e. The molecule has 144 valence electrons. The molecule has 0 atom stereocenters. The van der Waals surface area contributed by atoms with E-state index in [1.165, 1.54) is 0 Å². The number of benzene rings is 3. The van der Waals surface area contributed by atoms with Crippen LogP contribution in [0.5, 0.6) is 11.5 Å². The second-order valence-electron chi connectivity index (χ2n) is 5.95. The average Bonchev–Trinajstić information content (AvgIpc) is 2.74. The highest BCUT2D eigenvalue weighted by Crippen LogP contribution is 2.22. The topological polar surface area (TPSA) is 88.7 Å². The summed E-state index contributed by atoms with van der Waals surface area (Å²) in [6, 6.07) is 20.7. The van der Waals surface area contributed by atoms with E-state index in [0.717, 1.165) is 10.8 Å². The molecule has 0 aromatic heterocycles. The van der Waals surface area contributed by atoms with Crippen molar-refractivity contribution >= 4 is 28.3 Å². The smallest absolute Gasteiger partial charge is 0.276 e. The molecule has 0 fully saturated rings. The maximum absolute atomic E-state index is 11.9. The fourth-order valence-corrected chi connectivity index (χ4v) is 2.59. The van der Waals surface area contributed by atoms with Crippen molar-refractivity contribution in [3.05, 3.63) is 66.7 Å². The molecule has 3 rings (SSSR count). The number of hydrogen-bond donors (Lipinski definition) is 3. The molecule has 3 aromatic carbocycles. The Hall–Kier alpha value is -3.74. The van der Waals surface area contributed by atoms with E-state index in [2.05, 4.69) is 16.2 Å². The number of amides is 2. The molecule has 3 aromatic rings. The van der Waals surface area contributed by atoms with Gasteiger partial charge in [0.1, 0.15) is 11.5 Å². The van der Waals surface area contributed by atoms with Crippen LogP contribution in [0.4, 0.5) is 5.69 Å². The zero-order valence-corrected chi connectivity index (χ0v) is 15.4. The Morgan fingerprint density at radius 3 is 2.39 bits per heavy atom. The third-order valence-corrected chi connectivity index (χ3v) is 3.98. The average molecular weight is 379 g/mol. The number of carbonyl (C=O) groups excluding carboxylic acids is 2. The van der Waals surface area contributed by atoms with Crippen LogP contribution >= 0.6 is 0 Å². The van der Waals surface area contributed by atoms with E-state index in [-0.39, 0.29) is 13.2 Å². The van der Waals surface area contributed by atoms with Crippen molar-refractivity contribution in [3.8, 4) is 11.5 Å². The van der Waals surface area contributed by atoms with Gasteiger partial charge in [0.25, 0.3) is 11.8 Å². The van der Waals surface area contributed by atoms with E-state index < -0.39 is 11.8 Å². The van der Waals surface area contributed by atoms with Crippen molar-refractivity contribution in [2.45, 2.75) is 0 Å². The maximum atomic E-state index is 11.9. The summed E-state index contributed by atoms with van der Waals surface area (Å²) < 4.78 is 10.7. The normalized spacial score (nSPS) is 10.2. The second-order valence-corrected chi connectivity index (χ2v) is 5.95. The first-order valence-corrected chi connectivity index (χ1v) is 8.72. The monoisotopic (exact) mass is 379 g/mol. The number of para-hydroxylation sites is 2. The van der Waals surface area contributed by atoms with Crippen LogP contribution in [-0.2, 0) is 9.59 Å². The highest BCUT2D eigenvalue weighted by atomic mass is 16.5. The Balaban J connectivity index is 1.41. The molecule has 28 heavy (non-hydrogen) atoms. The van der Waals surface area contributed by atoms with Gasteiger partial charge in [0.05, 0.1) is 19.3 Å². The molecule has 2 amide bonds. The van der Waals surface area contributed by atoms with Gasteiger partial charge < -0.3 is 14.8 Å². The summed E-state index contributed by atoms with van der Waals surface area (Å²) in [5, 5.41) is 5.06. The summed E-state index contributed by atoms with van der Waals surface area (Å²) in [6.45, 7) is -0.231. The maximum Gasteiger partial charge on any atom is 0.276 e. The Labute approximate surface area is 162 Å². The molecule has 0 spiro atoms. The molecule has 0 radical (unpaired) electrons. The van der Waals surface area contributed by atoms with Gasteiger partial charge in [-0.25, -0.2) is 0 Å². The van der Waals surface area contributed by atoms with Crippen LogP contribution in [0.2, 0.25) is 0 Å². The minimum Gasteiger partial charge on any atom is -0.495 e. The summed E-state index contributed by atoms with van der Waals surface area (Å²) in [5.74, 6) is 0.352. The Kier molecular flexibility index (Phi) is 6.30. The zero-order valence-electron chi connectivity index (χ0n) is 15.4. The number of nitrogens with one attached hydrogen (secondary N) is 3. The Morgan fingerprint density at radius 2 is 1.57 bits per heavy atom. The minimum absolute atomic E-state index is 0.0216. The van der Waals surface area contributed by atoms with Gasteiger partial charge in [-0.05, 0) is 35.0 Å². The van der Waals surface area contributed by atoms with Crippen LogP contribution in [0.25, 0.3) is 10.8 Å². The fourth-order valence-electron chi connectivity index (χ4n) is 2.59. The number of carbonyl (C=O) groups is 2. The van der Waals surface area contributed by atoms with E-state index in [0.29, 0.717) is 17.2 Å². The number of fused-ring (bicyclic) bond motifs is 1. The number of anilines is 1. The van der Waals surface area contributed by atoms with Crippen LogP contribution in [0, 0.1) is 0 Å². The highest BCUT2D eigenvalue weighted by molar-refractivity contribution is 5.86. The SMILES string of the molecule is COc1ccccc1NCC(=O)NNC(=O)COc1ccc2ccccc2c1. The van der Waals surface area contributed by atoms with Gasteiger partial charge in [0.15, 0.2) is 6.61 Å². The van der Waals surface area contributed by atoms with Crippen molar-refractivity contribution < 1.29 is 19.1 Å². The lowest BCUT2D eigenvalue weighted by atomic mass is 10.1. The third-order valence-electron chi connectivity index (χ3n) is 3.98. The number of ether oxygens (including phenoxy) is 2. The van der Waals surface area contributed by atoms with Gasteiger partial charge in [-0.3, -0.25) is 20.4 Å². The zero-order chi connectivity index (χ0) is 19.8. The summed E-state index contributed by atoms with van der Waals surface area (Å²) in [7, 11) is 1.55. The van der Waals surface area contributed by atoms with Crippen molar-refractivity contribution in [2.75, 3.05) is 25.6 Å². The van der Waals surface area contributed by atoms with Gasteiger partial charge in [-0.1, -0.05) is 42.5 Å². The van der Waals surface area contributed by atoms with Gasteiger partial charge in [-0.15, -0.1) is 0 Å². The van der Waals surface area contributed by atoms with Crippen LogP contribution in [-0.4, -0.2) is 32.1 Å². The number of hydrogen-bond acceptors (Lipinski definition) is 5. The van der Waals surface area contributed by atoms with Crippen LogP contribution < -0.4 is 25.6 Å². The molecular weight excluding hydrogens is 358 g/mol. The van der Waals surface area contributed by atoms with Gasteiger partial charge in [-0.2, -0.15) is 0 Å². The Morgan fingerprint density at radius 1 is 0.857 bits per heavy atom. The molecule has 0 bridgehead atoms. The first kappa shape index (κ1) is 19.0. The second kappa shape index (κ2) is 9.27. The lowest BCUT2D eigenvalue weighted by Gasteiger charge is -2.12. The predicted octanol–water partition coefficient (Wildman–Crippen LogP) is 2.49. The molecule has 0 saturated heterocycles. The molecule has 7 heteroatoms. The molecule has 0 aliphatic heterocycles. The molecule has 0 aliphatic rings. The van der Waals surface area contributed by atoms with Crippen molar-refractivity contribution in [1.82, 2.24) is 10.9 Å². The van der Waals surface area contributed by atoms with Crippen LogP contribution in [0.3, 0.4) is 0 Å². The summed E-state index contributed by atoms with van der Waals surface area (Å²) in [6.07, 6.45) is 0. The minimum atomic E-state index is -0.459. The van der Waals surface area contributed by atoms with Gasteiger partial charge in [0, 0.05) is 0 Å². The summed E-state index contributed by atoms with van der Waals surface area (Å²) in [4.78, 5) is 23.7. The molecule has 0 heterocycles. The van der Waals surface area contributed by atoms with E-state index >= 15 is 0 Å². The van der Waals surface area contributed by atoms with Crippen LogP contribution in [0.15, 0.2) is 66.7 Å². The molecule has 0 unspecified atom stereocenters. The molecule has 7 nitrogen and oxygen atoms in total. The standard InChI is InChI=1S/C21H21N3O4/c1-27-19-9-5-4-8-18(19)22-13-20(25)23-24-21(26)14-28-17-11-10-15-6-2-3-7-16(15)12-17/h2-12,22H,13-14H2,1H3,(H,23,25)(H,24,26). The number of methoxy groups -OCH3 is 1. The fraction of sp³-hybridized carbons (Fsp3) is 0.143. The van der Waals surface area contributed by atoms with E-state index in [4.69, 9.17) is 9.47 Å². The first-order chi connectivity index (χ1) is 13.7. The predicted molar refractivity (Wildman–Crippen MR) is 107 cm³/mol. The molecule has 0 aliphatic carbocycles. The van der Waals surface area contributed by atoms with Crippen molar-refractivity contribution in [1.29, 1.82) is 0 Å². The van der Waals surface area contributed by atoms with Crippen LogP contribution in [0.1, 0.15) is 0 Å².